The summed E-state index contributed by atoms with van der Waals surface area (Å²) >= 11 is 0. The van der Waals surface area contributed by atoms with E-state index in [1.54, 1.807) is 6.20 Å². The van der Waals surface area contributed by atoms with Crippen LogP contribution in [0.4, 0.5) is 0 Å². The molecular weight excluding hydrogens is 239 g/mol. The first kappa shape index (κ1) is 11.7. The second-order valence-electron chi connectivity index (χ2n) is 4.10. The molecule has 0 saturated carbocycles. The molecule has 19 heavy (non-hydrogen) atoms. The van der Waals surface area contributed by atoms with Gasteiger partial charge in [-0.3, -0.25) is 0 Å². The Morgan fingerprint density at radius 1 is 1.00 bits per heavy atom. The summed E-state index contributed by atoms with van der Waals surface area (Å²) in [5.74, 6) is 1.18. The van der Waals surface area contributed by atoms with Gasteiger partial charge in [-0.2, -0.15) is 0 Å². The predicted octanol–water partition coefficient (Wildman–Crippen LogP) is 1.39. The van der Waals surface area contributed by atoms with Crippen LogP contribution in [0.1, 0.15) is 0 Å². The van der Waals surface area contributed by atoms with Gasteiger partial charge in [-0.1, -0.05) is 29.7 Å². The summed E-state index contributed by atoms with van der Waals surface area (Å²) in [5, 5.41) is 9.07. The molecule has 0 aliphatic rings. The highest BCUT2D eigenvalue weighted by atomic mass is 16.5. The van der Waals surface area contributed by atoms with E-state index in [0.29, 0.717) is 5.88 Å². The summed E-state index contributed by atoms with van der Waals surface area (Å²) in [6, 6.07) is 14.9. The van der Waals surface area contributed by atoms with Gasteiger partial charge in [-0.05, 0) is 24.3 Å². The van der Waals surface area contributed by atoms with Crippen LogP contribution in [0.15, 0.2) is 54.7 Å². The van der Waals surface area contributed by atoms with E-state index < -0.39 is 0 Å². The Morgan fingerprint density at radius 2 is 1.84 bits per heavy atom. The Labute approximate surface area is 111 Å². The van der Waals surface area contributed by atoms with Crippen molar-refractivity contribution in [1.82, 2.24) is 9.97 Å². The zero-order chi connectivity index (χ0) is 13.1. The van der Waals surface area contributed by atoms with Crippen LogP contribution in [-0.4, -0.2) is 22.5 Å². The molecule has 1 aromatic heterocycles. The van der Waals surface area contributed by atoms with Gasteiger partial charge in [-0.25, -0.2) is 9.97 Å². The number of rotatable bonds is 3. The van der Waals surface area contributed by atoms with Crippen molar-refractivity contribution in [3.8, 4) is 11.6 Å². The Morgan fingerprint density at radius 3 is 2.63 bits per heavy atom. The number of para-hydroxylation sites is 1. The molecule has 0 spiro atoms. The zero-order valence-electron chi connectivity index (χ0n) is 10.2. The normalized spacial score (nSPS) is 10.4. The van der Waals surface area contributed by atoms with E-state index >= 15 is 0 Å². The van der Waals surface area contributed by atoms with E-state index in [-0.39, 0.29) is 7.48 Å². The van der Waals surface area contributed by atoms with Gasteiger partial charge in [0.1, 0.15) is 5.75 Å². The molecule has 5 heteroatoms. The van der Waals surface area contributed by atoms with Crippen LogP contribution < -0.4 is 10.2 Å². The molecule has 3 aromatic rings. The van der Waals surface area contributed by atoms with Crippen molar-refractivity contribution in [3.63, 3.8) is 0 Å². The third kappa shape index (κ3) is 2.56. The number of nitrogens with zero attached hydrogens (tertiary/aromatic N) is 2. The van der Waals surface area contributed by atoms with E-state index in [1.165, 1.54) is 0 Å². The van der Waals surface area contributed by atoms with Crippen molar-refractivity contribution in [1.29, 1.82) is 0 Å². The predicted molar refractivity (Wildman–Crippen MR) is 75.1 cm³/mol. The van der Waals surface area contributed by atoms with Gasteiger partial charge in [0.25, 0.3) is 0 Å². The van der Waals surface area contributed by atoms with Crippen molar-refractivity contribution in [2.75, 3.05) is 0 Å². The Hall–Kier alpha value is -2.40. The molecule has 0 amide bonds. The number of ether oxygens (including phenoxy) is 1. The van der Waals surface area contributed by atoms with Gasteiger partial charge in [0.15, 0.2) is 0 Å². The third-order valence-corrected chi connectivity index (χ3v) is 2.73. The monoisotopic (exact) mass is 250 g/mol. The molecular formula is C14H11BN2O2. The molecule has 0 fully saturated rings. The van der Waals surface area contributed by atoms with Gasteiger partial charge < -0.3 is 9.76 Å². The van der Waals surface area contributed by atoms with E-state index in [4.69, 9.17) is 9.76 Å². The molecule has 0 saturated heterocycles. The first-order chi connectivity index (χ1) is 9.35. The fraction of sp³-hybridized carbons (Fsp3) is 0. The highest BCUT2D eigenvalue weighted by molar-refractivity contribution is 6.45. The summed E-state index contributed by atoms with van der Waals surface area (Å²) in [6.45, 7) is 0. The van der Waals surface area contributed by atoms with Crippen LogP contribution in [0.5, 0.6) is 11.6 Å². The molecule has 0 bridgehead atoms. The van der Waals surface area contributed by atoms with Crippen LogP contribution in [-0.2, 0) is 0 Å². The molecule has 3 rings (SSSR count). The SMILES string of the molecule is OBc1ccc2nc(Oc3ccccc3)cnc2c1. The van der Waals surface area contributed by atoms with Crippen molar-refractivity contribution < 1.29 is 9.76 Å². The average molecular weight is 250 g/mol. The van der Waals surface area contributed by atoms with Crippen molar-refractivity contribution >= 4 is 24.0 Å². The number of fused-ring (bicyclic) bond motifs is 1. The Kier molecular flexibility index (Phi) is 3.12. The van der Waals surface area contributed by atoms with Crippen molar-refractivity contribution in [3.05, 3.63) is 54.7 Å². The van der Waals surface area contributed by atoms with Crippen molar-refractivity contribution in [2.45, 2.75) is 0 Å². The van der Waals surface area contributed by atoms with Crippen LogP contribution in [0.2, 0.25) is 0 Å². The third-order valence-electron chi connectivity index (χ3n) is 2.73. The standard InChI is InChI=1S/C14H11BN2O2/c18-15-10-6-7-12-13(8-10)16-9-14(17-12)19-11-4-2-1-3-5-11/h1-9,15,18H. The number of hydrogen-bond acceptors (Lipinski definition) is 4. The minimum Gasteiger partial charge on any atom is -0.449 e. The minimum absolute atomic E-state index is 0.000112. The number of benzene rings is 2. The number of hydrogen-bond donors (Lipinski definition) is 1. The van der Waals surface area contributed by atoms with E-state index in [9.17, 15) is 0 Å². The maximum Gasteiger partial charge on any atom is 0.304 e. The molecule has 92 valence electrons. The molecule has 4 nitrogen and oxygen atoms in total. The first-order valence-corrected chi connectivity index (χ1v) is 5.94. The maximum absolute atomic E-state index is 9.07. The summed E-state index contributed by atoms with van der Waals surface area (Å²) in [6.07, 6.45) is 1.58. The Bertz CT molecular complexity index is 704. The van der Waals surface area contributed by atoms with Crippen LogP contribution in [0, 0.1) is 0 Å². The fourth-order valence-electron chi connectivity index (χ4n) is 1.80. The van der Waals surface area contributed by atoms with Gasteiger partial charge in [0, 0.05) is 0 Å². The summed E-state index contributed by atoms with van der Waals surface area (Å²) < 4.78 is 5.62. The van der Waals surface area contributed by atoms with Gasteiger partial charge in [0.05, 0.1) is 17.2 Å². The molecule has 0 unspecified atom stereocenters. The highest BCUT2D eigenvalue weighted by Gasteiger charge is 2.03. The molecule has 0 atom stereocenters. The molecule has 2 aromatic carbocycles. The highest BCUT2D eigenvalue weighted by Crippen LogP contribution is 2.19. The van der Waals surface area contributed by atoms with Gasteiger partial charge in [0.2, 0.25) is 5.88 Å². The lowest BCUT2D eigenvalue weighted by Crippen LogP contribution is -2.12. The van der Waals surface area contributed by atoms with Crippen molar-refractivity contribution in [2.24, 2.45) is 0 Å². The summed E-state index contributed by atoms with van der Waals surface area (Å²) in [4.78, 5) is 8.67. The number of aromatic nitrogens is 2. The first-order valence-electron chi connectivity index (χ1n) is 5.94. The topological polar surface area (TPSA) is 55.2 Å². The minimum atomic E-state index is -0.000112. The zero-order valence-corrected chi connectivity index (χ0v) is 10.2. The van der Waals surface area contributed by atoms with E-state index in [1.807, 2.05) is 48.5 Å². The lowest BCUT2D eigenvalue weighted by atomic mass is 9.89. The molecule has 1 N–H and O–H groups in total. The maximum atomic E-state index is 9.07. The summed E-state index contributed by atoms with van der Waals surface area (Å²) in [5.41, 5.74) is 2.30. The van der Waals surface area contributed by atoms with E-state index in [0.717, 1.165) is 22.2 Å². The second-order valence-corrected chi connectivity index (χ2v) is 4.10. The van der Waals surface area contributed by atoms with Crippen LogP contribution in [0.3, 0.4) is 0 Å². The largest absolute Gasteiger partial charge is 0.449 e. The molecule has 1 heterocycles. The lowest BCUT2D eigenvalue weighted by Gasteiger charge is -2.05. The van der Waals surface area contributed by atoms with Gasteiger partial charge >= 0.3 is 7.48 Å². The molecule has 0 aliphatic heterocycles. The second kappa shape index (κ2) is 5.08. The van der Waals surface area contributed by atoms with E-state index in [2.05, 4.69) is 9.97 Å². The molecule has 0 radical (unpaired) electrons. The smallest absolute Gasteiger partial charge is 0.304 e. The average Bonchev–Trinajstić information content (AvgIpc) is 2.48. The Balaban J connectivity index is 1.94. The lowest BCUT2D eigenvalue weighted by molar-refractivity contribution is 0.463. The summed E-state index contributed by atoms with van der Waals surface area (Å²) in [7, 11) is -0.000112. The quantitative estimate of drug-likeness (QED) is 0.713. The van der Waals surface area contributed by atoms with Crippen LogP contribution in [0.25, 0.3) is 11.0 Å². The fourth-order valence-corrected chi connectivity index (χ4v) is 1.80. The van der Waals surface area contributed by atoms with Crippen LogP contribution >= 0.6 is 0 Å². The van der Waals surface area contributed by atoms with Gasteiger partial charge in [-0.15, -0.1) is 0 Å². The molecule has 0 aliphatic carbocycles.